The lowest BCUT2D eigenvalue weighted by Crippen LogP contribution is -2.00. The normalized spacial score (nSPS) is 10.1. The van der Waals surface area contributed by atoms with Gasteiger partial charge in [0.25, 0.3) is 0 Å². The molecule has 2 rings (SSSR count). The Morgan fingerprint density at radius 2 is 2.17 bits per heavy atom. The maximum absolute atomic E-state index is 13.6. The van der Waals surface area contributed by atoms with Gasteiger partial charge in [-0.15, -0.1) is 0 Å². The molecule has 0 aliphatic heterocycles. The zero-order valence-electron chi connectivity index (χ0n) is 8.93. The van der Waals surface area contributed by atoms with Crippen LogP contribution in [0.2, 0.25) is 5.02 Å². The molecule has 1 aromatic carbocycles. The van der Waals surface area contributed by atoms with Crippen LogP contribution in [0, 0.1) is 5.82 Å². The van der Waals surface area contributed by atoms with Gasteiger partial charge in [0.05, 0.1) is 5.02 Å². The maximum Gasteiger partial charge on any atom is 0.354 e. The Morgan fingerprint density at radius 1 is 1.39 bits per heavy atom. The first-order chi connectivity index (χ1) is 8.58. The summed E-state index contributed by atoms with van der Waals surface area (Å²) < 4.78 is 18.8. The van der Waals surface area contributed by atoms with Crippen molar-refractivity contribution in [3.05, 3.63) is 53.1 Å². The monoisotopic (exact) mass is 267 g/mol. The van der Waals surface area contributed by atoms with Gasteiger partial charge in [-0.3, -0.25) is 0 Å². The number of pyridine rings is 1. The van der Waals surface area contributed by atoms with Crippen molar-refractivity contribution in [3.63, 3.8) is 0 Å². The van der Waals surface area contributed by atoms with Gasteiger partial charge in [-0.1, -0.05) is 17.7 Å². The Hall–Kier alpha value is -2.14. The average molecular weight is 268 g/mol. The summed E-state index contributed by atoms with van der Waals surface area (Å²) >= 11 is 5.60. The van der Waals surface area contributed by atoms with Crippen LogP contribution in [0.25, 0.3) is 0 Å². The molecule has 0 aliphatic rings. The minimum Gasteiger partial charge on any atom is -0.477 e. The number of benzene rings is 1. The number of carbonyl (C=O) groups is 1. The highest BCUT2D eigenvalue weighted by Gasteiger charge is 2.10. The maximum atomic E-state index is 13.6. The zero-order valence-corrected chi connectivity index (χ0v) is 9.69. The van der Waals surface area contributed by atoms with Gasteiger partial charge in [0, 0.05) is 12.3 Å². The molecule has 0 bridgehead atoms. The van der Waals surface area contributed by atoms with Crippen LogP contribution in [-0.4, -0.2) is 16.1 Å². The lowest BCUT2D eigenvalue weighted by molar-refractivity contribution is 0.0690. The molecule has 18 heavy (non-hydrogen) atoms. The van der Waals surface area contributed by atoms with Crippen LogP contribution in [0.1, 0.15) is 10.5 Å². The fourth-order valence-electron chi connectivity index (χ4n) is 1.28. The fraction of sp³-hybridized carbons (Fsp3) is 0. The van der Waals surface area contributed by atoms with E-state index in [1.54, 1.807) is 0 Å². The molecule has 0 atom stereocenters. The lowest BCUT2D eigenvalue weighted by Gasteiger charge is -2.07. The molecule has 1 N–H and O–H groups in total. The first-order valence-corrected chi connectivity index (χ1v) is 5.27. The largest absolute Gasteiger partial charge is 0.477 e. The van der Waals surface area contributed by atoms with Crippen molar-refractivity contribution in [1.29, 1.82) is 0 Å². The first-order valence-electron chi connectivity index (χ1n) is 4.89. The summed E-state index contributed by atoms with van der Waals surface area (Å²) in [6, 6.07) is 6.93. The van der Waals surface area contributed by atoms with Crippen LogP contribution >= 0.6 is 11.6 Å². The van der Waals surface area contributed by atoms with E-state index in [0.29, 0.717) is 0 Å². The number of ether oxygens (including phenoxy) is 1. The van der Waals surface area contributed by atoms with Crippen molar-refractivity contribution in [3.8, 4) is 11.5 Å². The Kier molecular flexibility index (Phi) is 3.43. The highest BCUT2D eigenvalue weighted by atomic mass is 35.5. The third-order valence-electron chi connectivity index (χ3n) is 2.09. The SMILES string of the molecule is O=C(O)c1cc(Oc2cccc(Cl)c2F)ccn1. The second kappa shape index (κ2) is 5.01. The minimum absolute atomic E-state index is 0.0694. The Labute approximate surface area is 107 Å². The second-order valence-corrected chi connectivity index (χ2v) is 3.74. The molecular weight excluding hydrogens is 261 g/mol. The van der Waals surface area contributed by atoms with E-state index in [-0.39, 0.29) is 22.2 Å². The van der Waals surface area contributed by atoms with Crippen LogP contribution in [0.4, 0.5) is 4.39 Å². The van der Waals surface area contributed by atoms with Crippen molar-refractivity contribution in [1.82, 2.24) is 4.98 Å². The summed E-state index contributed by atoms with van der Waals surface area (Å²) in [6.45, 7) is 0. The lowest BCUT2D eigenvalue weighted by atomic mass is 10.3. The average Bonchev–Trinajstić information content (AvgIpc) is 2.35. The first kappa shape index (κ1) is 12.3. The molecule has 92 valence electrons. The van der Waals surface area contributed by atoms with E-state index in [0.717, 1.165) is 0 Å². The molecule has 0 radical (unpaired) electrons. The highest BCUT2D eigenvalue weighted by Crippen LogP contribution is 2.28. The molecule has 6 heteroatoms. The van der Waals surface area contributed by atoms with E-state index < -0.39 is 11.8 Å². The van der Waals surface area contributed by atoms with Gasteiger partial charge in [-0.05, 0) is 18.2 Å². The van der Waals surface area contributed by atoms with E-state index in [4.69, 9.17) is 21.4 Å². The van der Waals surface area contributed by atoms with E-state index in [2.05, 4.69) is 4.98 Å². The Bertz CT molecular complexity index is 604. The molecule has 1 heterocycles. The van der Waals surface area contributed by atoms with Gasteiger partial charge in [0.1, 0.15) is 5.75 Å². The molecule has 0 spiro atoms. The van der Waals surface area contributed by atoms with Gasteiger partial charge >= 0.3 is 5.97 Å². The molecule has 0 fully saturated rings. The number of aromatic carboxylic acids is 1. The molecule has 2 aromatic rings. The van der Waals surface area contributed by atoms with Crippen LogP contribution in [0.15, 0.2) is 36.5 Å². The fourth-order valence-corrected chi connectivity index (χ4v) is 1.45. The van der Waals surface area contributed by atoms with Crippen molar-refractivity contribution in [2.45, 2.75) is 0 Å². The van der Waals surface area contributed by atoms with Gasteiger partial charge in [-0.25, -0.2) is 14.2 Å². The van der Waals surface area contributed by atoms with Crippen LogP contribution in [0.3, 0.4) is 0 Å². The Balaban J connectivity index is 2.31. The summed E-state index contributed by atoms with van der Waals surface area (Å²) in [4.78, 5) is 14.3. The predicted octanol–water partition coefficient (Wildman–Crippen LogP) is 3.36. The van der Waals surface area contributed by atoms with E-state index in [1.165, 1.54) is 36.5 Å². The smallest absolute Gasteiger partial charge is 0.354 e. The van der Waals surface area contributed by atoms with E-state index >= 15 is 0 Å². The van der Waals surface area contributed by atoms with Crippen LogP contribution in [0.5, 0.6) is 11.5 Å². The number of carboxylic acid groups (broad SMARTS) is 1. The van der Waals surface area contributed by atoms with Gasteiger partial charge in [0.2, 0.25) is 0 Å². The van der Waals surface area contributed by atoms with Gasteiger partial charge in [-0.2, -0.15) is 0 Å². The van der Waals surface area contributed by atoms with E-state index in [9.17, 15) is 9.18 Å². The van der Waals surface area contributed by atoms with Crippen LogP contribution in [-0.2, 0) is 0 Å². The topological polar surface area (TPSA) is 59.4 Å². The van der Waals surface area contributed by atoms with E-state index in [1.807, 2.05) is 0 Å². The molecule has 0 amide bonds. The van der Waals surface area contributed by atoms with Crippen molar-refractivity contribution in [2.75, 3.05) is 0 Å². The Morgan fingerprint density at radius 3 is 2.89 bits per heavy atom. The zero-order chi connectivity index (χ0) is 13.1. The summed E-state index contributed by atoms with van der Waals surface area (Å²) in [5, 5.41) is 8.69. The number of halogens is 2. The molecule has 0 unspecified atom stereocenters. The number of rotatable bonds is 3. The quantitative estimate of drug-likeness (QED) is 0.926. The molecule has 4 nitrogen and oxygen atoms in total. The third kappa shape index (κ3) is 2.57. The van der Waals surface area contributed by atoms with Gasteiger partial charge in [0.15, 0.2) is 17.3 Å². The predicted molar refractivity (Wildman–Crippen MR) is 62.7 cm³/mol. The van der Waals surface area contributed by atoms with Crippen LogP contribution < -0.4 is 4.74 Å². The molecule has 0 saturated heterocycles. The van der Waals surface area contributed by atoms with Gasteiger partial charge < -0.3 is 9.84 Å². The third-order valence-corrected chi connectivity index (χ3v) is 2.39. The van der Waals surface area contributed by atoms with Crippen molar-refractivity contribution in [2.24, 2.45) is 0 Å². The summed E-state index contributed by atoms with van der Waals surface area (Å²) in [6.07, 6.45) is 1.27. The summed E-state index contributed by atoms with van der Waals surface area (Å²) in [5.41, 5.74) is -0.185. The number of hydrogen-bond donors (Lipinski definition) is 1. The number of hydrogen-bond acceptors (Lipinski definition) is 3. The minimum atomic E-state index is -1.19. The summed E-state index contributed by atoms with van der Waals surface area (Å²) in [5.74, 6) is -1.80. The highest BCUT2D eigenvalue weighted by molar-refractivity contribution is 6.30. The number of aromatic nitrogens is 1. The van der Waals surface area contributed by atoms with Crippen molar-refractivity contribution >= 4 is 17.6 Å². The molecule has 1 aromatic heterocycles. The molecular formula is C12H7ClFNO3. The summed E-state index contributed by atoms with van der Waals surface area (Å²) in [7, 11) is 0. The molecule has 0 saturated carbocycles. The molecule has 0 aliphatic carbocycles. The second-order valence-electron chi connectivity index (χ2n) is 3.34. The standard InChI is InChI=1S/C12H7ClFNO3/c13-8-2-1-3-10(11(8)14)18-7-4-5-15-9(6-7)12(16)17/h1-6H,(H,16,17). The van der Waals surface area contributed by atoms with Crippen molar-refractivity contribution < 1.29 is 19.0 Å². The number of carboxylic acids is 1. The number of nitrogens with zero attached hydrogens (tertiary/aromatic N) is 1.